The van der Waals surface area contributed by atoms with E-state index < -0.39 is 5.97 Å². The second-order valence-electron chi connectivity index (χ2n) is 6.59. The summed E-state index contributed by atoms with van der Waals surface area (Å²) in [6.45, 7) is 2.81. The van der Waals surface area contributed by atoms with E-state index in [-0.39, 0.29) is 35.7 Å². The average Bonchev–Trinajstić information content (AvgIpc) is 3.32. The molecule has 1 aromatic rings. The third-order valence-corrected chi connectivity index (χ3v) is 4.93. The van der Waals surface area contributed by atoms with Crippen molar-refractivity contribution in [2.75, 3.05) is 37.7 Å². The van der Waals surface area contributed by atoms with Gasteiger partial charge in [-0.2, -0.15) is 0 Å². The molecule has 3 rings (SSSR count). The van der Waals surface area contributed by atoms with Crippen LogP contribution in [0.4, 0.5) is 5.95 Å². The van der Waals surface area contributed by atoms with Crippen molar-refractivity contribution in [1.82, 2.24) is 14.9 Å². The molecule has 3 heterocycles. The highest BCUT2D eigenvalue weighted by Crippen LogP contribution is 2.22. The Balaban J connectivity index is 1.79. The standard InChI is InChI=1S/C17H23ClN4O4/c18-13-10-19-17(21-6-1-2-7-21)20-15(13)16(25)22(8-5-14(23)24)11-12-4-3-9-26-12/h10,12H,1-9,11H2,(H,23,24)/t12-/m0/s1. The number of carboxylic acids is 1. The van der Waals surface area contributed by atoms with Crippen molar-refractivity contribution in [1.29, 1.82) is 0 Å². The number of carboxylic acid groups (broad SMARTS) is 1. The predicted molar refractivity (Wildman–Crippen MR) is 95.6 cm³/mol. The molecule has 9 heteroatoms. The number of ether oxygens (including phenoxy) is 1. The molecule has 1 N–H and O–H groups in total. The molecule has 0 aliphatic carbocycles. The van der Waals surface area contributed by atoms with Crippen LogP contribution in [0.15, 0.2) is 6.20 Å². The largest absolute Gasteiger partial charge is 0.481 e. The van der Waals surface area contributed by atoms with Crippen LogP contribution >= 0.6 is 11.6 Å². The van der Waals surface area contributed by atoms with Crippen molar-refractivity contribution in [3.63, 3.8) is 0 Å². The molecule has 0 aromatic carbocycles. The van der Waals surface area contributed by atoms with Gasteiger partial charge in [0.2, 0.25) is 5.95 Å². The van der Waals surface area contributed by atoms with Gasteiger partial charge in [-0.15, -0.1) is 0 Å². The van der Waals surface area contributed by atoms with Crippen LogP contribution in [0.5, 0.6) is 0 Å². The molecule has 8 nitrogen and oxygen atoms in total. The van der Waals surface area contributed by atoms with Crippen LogP contribution in [-0.2, 0) is 9.53 Å². The van der Waals surface area contributed by atoms with Gasteiger partial charge in [0.15, 0.2) is 5.69 Å². The van der Waals surface area contributed by atoms with E-state index in [9.17, 15) is 9.59 Å². The summed E-state index contributed by atoms with van der Waals surface area (Å²) < 4.78 is 5.60. The number of carbonyl (C=O) groups excluding carboxylic acids is 1. The third-order valence-electron chi connectivity index (χ3n) is 4.65. The first kappa shape index (κ1) is 18.8. The van der Waals surface area contributed by atoms with Gasteiger partial charge in [0, 0.05) is 32.8 Å². The zero-order chi connectivity index (χ0) is 18.5. The third kappa shape index (κ3) is 4.62. The maximum Gasteiger partial charge on any atom is 0.305 e. The average molecular weight is 383 g/mol. The first-order valence-corrected chi connectivity index (χ1v) is 9.32. The van der Waals surface area contributed by atoms with E-state index in [0.717, 1.165) is 38.8 Å². The number of halogens is 1. The van der Waals surface area contributed by atoms with Gasteiger partial charge in [0.1, 0.15) is 0 Å². The normalized spacial score (nSPS) is 19.7. The molecule has 0 bridgehead atoms. The molecule has 1 atom stereocenters. The maximum absolute atomic E-state index is 13.0. The molecule has 2 saturated heterocycles. The van der Waals surface area contributed by atoms with E-state index in [0.29, 0.717) is 19.1 Å². The maximum atomic E-state index is 13.0. The number of aliphatic carboxylic acids is 1. The lowest BCUT2D eigenvalue weighted by atomic mass is 10.2. The molecular weight excluding hydrogens is 360 g/mol. The molecule has 0 spiro atoms. The second-order valence-corrected chi connectivity index (χ2v) is 7.00. The predicted octanol–water partition coefficient (Wildman–Crippen LogP) is 1.83. The molecule has 1 aromatic heterocycles. The molecule has 2 aliphatic rings. The highest BCUT2D eigenvalue weighted by molar-refractivity contribution is 6.33. The van der Waals surface area contributed by atoms with Crippen molar-refractivity contribution in [2.24, 2.45) is 0 Å². The van der Waals surface area contributed by atoms with Crippen molar-refractivity contribution >= 4 is 29.4 Å². The zero-order valence-electron chi connectivity index (χ0n) is 14.6. The molecule has 0 radical (unpaired) electrons. The SMILES string of the molecule is O=C(O)CCN(C[C@@H]1CCCO1)C(=O)c1nc(N2CCCC2)ncc1Cl. The van der Waals surface area contributed by atoms with E-state index in [4.69, 9.17) is 21.4 Å². The van der Waals surface area contributed by atoms with Gasteiger partial charge in [0.25, 0.3) is 5.91 Å². The fraction of sp³-hybridized carbons (Fsp3) is 0.647. The van der Waals surface area contributed by atoms with Gasteiger partial charge in [-0.1, -0.05) is 11.6 Å². The van der Waals surface area contributed by atoms with Crippen LogP contribution < -0.4 is 4.90 Å². The van der Waals surface area contributed by atoms with E-state index in [1.807, 2.05) is 4.90 Å². The first-order chi connectivity index (χ1) is 12.5. The Morgan fingerprint density at radius 1 is 1.35 bits per heavy atom. The molecule has 0 saturated carbocycles. The lowest BCUT2D eigenvalue weighted by molar-refractivity contribution is -0.137. The van der Waals surface area contributed by atoms with Gasteiger partial charge in [-0.05, 0) is 25.7 Å². The minimum atomic E-state index is -0.957. The van der Waals surface area contributed by atoms with Gasteiger partial charge in [-0.25, -0.2) is 9.97 Å². The lowest BCUT2D eigenvalue weighted by Crippen LogP contribution is -2.39. The van der Waals surface area contributed by atoms with Gasteiger partial charge < -0.3 is 19.6 Å². The fourth-order valence-electron chi connectivity index (χ4n) is 3.27. The highest BCUT2D eigenvalue weighted by atomic mass is 35.5. The first-order valence-electron chi connectivity index (χ1n) is 8.95. The van der Waals surface area contributed by atoms with Crippen molar-refractivity contribution in [2.45, 2.75) is 38.2 Å². The second kappa shape index (κ2) is 8.64. The molecule has 142 valence electrons. The lowest BCUT2D eigenvalue weighted by Gasteiger charge is -2.25. The molecule has 1 amide bonds. The molecule has 2 fully saturated rings. The van der Waals surface area contributed by atoms with E-state index >= 15 is 0 Å². The van der Waals surface area contributed by atoms with Crippen LogP contribution in [0.3, 0.4) is 0 Å². The van der Waals surface area contributed by atoms with Crippen LogP contribution in [0, 0.1) is 0 Å². The Bertz CT molecular complexity index is 660. The summed E-state index contributed by atoms with van der Waals surface area (Å²) in [6.07, 6.45) is 5.16. The molecule has 0 unspecified atom stereocenters. The number of nitrogens with zero attached hydrogens (tertiary/aromatic N) is 4. The van der Waals surface area contributed by atoms with Crippen molar-refractivity contribution < 1.29 is 19.4 Å². The zero-order valence-corrected chi connectivity index (χ0v) is 15.3. The smallest absolute Gasteiger partial charge is 0.305 e. The van der Waals surface area contributed by atoms with Crippen LogP contribution in [-0.4, -0.2) is 70.7 Å². The topological polar surface area (TPSA) is 95.9 Å². The minimum absolute atomic E-state index is 0.0774. The molecule has 26 heavy (non-hydrogen) atoms. The summed E-state index contributed by atoms with van der Waals surface area (Å²) in [6, 6.07) is 0. The van der Waals surface area contributed by atoms with Gasteiger partial charge >= 0.3 is 5.97 Å². The van der Waals surface area contributed by atoms with Crippen LogP contribution in [0.25, 0.3) is 0 Å². The monoisotopic (exact) mass is 382 g/mol. The summed E-state index contributed by atoms with van der Waals surface area (Å²) in [5.41, 5.74) is 0.118. The number of hydrogen-bond donors (Lipinski definition) is 1. The molecular formula is C17H23ClN4O4. The number of carbonyl (C=O) groups is 2. The van der Waals surface area contributed by atoms with Gasteiger partial charge in [-0.3, -0.25) is 9.59 Å². The van der Waals surface area contributed by atoms with E-state index in [1.165, 1.54) is 11.1 Å². The Labute approximate surface area is 157 Å². The highest BCUT2D eigenvalue weighted by Gasteiger charge is 2.27. The number of hydrogen-bond acceptors (Lipinski definition) is 6. The van der Waals surface area contributed by atoms with Crippen molar-refractivity contribution in [3.05, 3.63) is 16.9 Å². The summed E-state index contributed by atoms with van der Waals surface area (Å²) in [4.78, 5) is 36.1. The summed E-state index contributed by atoms with van der Waals surface area (Å²) in [7, 11) is 0. The Kier molecular flexibility index (Phi) is 6.26. The van der Waals surface area contributed by atoms with Crippen molar-refractivity contribution in [3.8, 4) is 0 Å². The number of aromatic nitrogens is 2. The molecule has 2 aliphatic heterocycles. The fourth-order valence-corrected chi connectivity index (χ4v) is 3.44. The number of amides is 1. The Morgan fingerprint density at radius 3 is 2.77 bits per heavy atom. The van der Waals surface area contributed by atoms with Crippen LogP contribution in [0.2, 0.25) is 5.02 Å². The number of anilines is 1. The van der Waals surface area contributed by atoms with E-state index in [1.54, 1.807) is 0 Å². The summed E-state index contributed by atoms with van der Waals surface area (Å²) in [5.74, 6) is -0.846. The quantitative estimate of drug-likeness (QED) is 0.768. The summed E-state index contributed by atoms with van der Waals surface area (Å²) >= 11 is 6.18. The van der Waals surface area contributed by atoms with Crippen LogP contribution in [0.1, 0.15) is 42.6 Å². The summed E-state index contributed by atoms with van der Waals surface area (Å²) in [5, 5.41) is 9.16. The minimum Gasteiger partial charge on any atom is -0.481 e. The Hall–Kier alpha value is -1.93. The Morgan fingerprint density at radius 2 is 2.12 bits per heavy atom. The van der Waals surface area contributed by atoms with E-state index in [2.05, 4.69) is 9.97 Å². The van der Waals surface area contributed by atoms with Gasteiger partial charge in [0.05, 0.1) is 23.7 Å². The number of rotatable bonds is 7.